The van der Waals surface area contributed by atoms with Crippen molar-refractivity contribution in [1.82, 2.24) is 19.5 Å². The van der Waals surface area contributed by atoms with Crippen LogP contribution in [0.25, 0.3) is 11.2 Å². The van der Waals surface area contributed by atoms with Crippen LogP contribution in [0.1, 0.15) is 19.8 Å². The molecule has 5 heteroatoms. The molecule has 2 aromatic heterocycles. The largest absolute Gasteiger partial charge is 0.315 e. The number of halogens is 1. The first-order chi connectivity index (χ1) is 6.83. The third-order valence-electron chi connectivity index (χ3n) is 2.11. The summed E-state index contributed by atoms with van der Waals surface area (Å²) in [7, 11) is 0. The van der Waals surface area contributed by atoms with Gasteiger partial charge in [0.05, 0.1) is 6.33 Å². The smallest absolute Gasteiger partial charge is 0.164 e. The zero-order chi connectivity index (χ0) is 9.97. The van der Waals surface area contributed by atoms with Gasteiger partial charge in [-0.1, -0.05) is 24.9 Å². The summed E-state index contributed by atoms with van der Waals surface area (Å²) in [5.41, 5.74) is 1.50. The van der Waals surface area contributed by atoms with Crippen LogP contribution in [0.2, 0.25) is 5.15 Å². The van der Waals surface area contributed by atoms with Crippen molar-refractivity contribution in [2.45, 2.75) is 26.3 Å². The van der Waals surface area contributed by atoms with E-state index in [1.165, 1.54) is 6.33 Å². The minimum absolute atomic E-state index is 0.422. The maximum atomic E-state index is 5.88. The lowest BCUT2D eigenvalue weighted by molar-refractivity contribution is 0.641. The molecule has 0 atom stereocenters. The van der Waals surface area contributed by atoms with Crippen LogP contribution in [-0.4, -0.2) is 19.5 Å². The maximum Gasteiger partial charge on any atom is 0.164 e. The van der Waals surface area contributed by atoms with Crippen LogP contribution in [0.15, 0.2) is 12.7 Å². The number of hydrogen-bond donors (Lipinski definition) is 0. The van der Waals surface area contributed by atoms with Gasteiger partial charge >= 0.3 is 0 Å². The molecule has 0 bridgehead atoms. The van der Waals surface area contributed by atoms with Crippen molar-refractivity contribution in [1.29, 1.82) is 0 Å². The third kappa shape index (κ3) is 1.57. The topological polar surface area (TPSA) is 43.6 Å². The fourth-order valence-corrected chi connectivity index (χ4v) is 1.52. The first kappa shape index (κ1) is 9.40. The first-order valence-electron chi connectivity index (χ1n) is 4.64. The minimum atomic E-state index is 0.422. The molecule has 0 aliphatic carbocycles. The molecule has 4 nitrogen and oxygen atoms in total. The zero-order valence-corrected chi connectivity index (χ0v) is 8.70. The van der Waals surface area contributed by atoms with Crippen molar-refractivity contribution in [2.75, 3.05) is 0 Å². The molecule has 0 saturated carbocycles. The molecule has 2 heterocycles. The first-order valence-corrected chi connectivity index (χ1v) is 5.02. The molecule has 2 rings (SSSR count). The summed E-state index contributed by atoms with van der Waals surface area (Å²) in [6.07, 6.45) is 5.50. The molecule has 0 unspecified atom stereocenters. The maximum absolute atomic E-state index is 5.88. The van der Waals surface area contributed by atoms with Gasteiger partial charge in [0.25, 0.3) is 0 Å². The summed E-state index contributed by atoms with van der Waals surface area (Å²) in [6, 6.07) is 0. The fourth-order valence-electron chi connectivity index (χ4n) is 1.34. The van der Waals surface area contributed by atoms with E-state index >= 15 is 0 Å². The van der Waals surface area contributed by atoms with Crippen LogP contribution in [0, 0.1) is 0 Å². The average Bonchev–Trinajstić information content (AvgIpc) is 2.60. The lowest BCUT2D eigenvalue weighted by atomic mass is 10.3. The molecule has 0 spiro atoms. The Hall–Kier alpha value is -1.16. The molecule has 2 aromatic rings. The highest BCUT2D eigenvalue weighted by Gasteiger charge is 2.06. The van der Waals surface area contributed by atoms with Crippen LogP contribution in [0.3, 0.4) is 0 Å². The normalized spacial score (nSPS) is 11.0. The van der Waals surface area contributed by atoms with E-state index in [0.29, 0.717) is 10.7 Å². The van der Waals surface area contributed by atoms with Crippen LogP contribution < -0.4 is 0 Å². The minimum Gasteiger partial charge on any atom is -0.315 e. The third-order valence-corrected chi connectivity index (χ3v) is 2.39. The van der Waals surface area contributed by atoms with Crippen molar-refractivity contribution in [2.24, 2.45) is 0 Å². The number of unbranched alkanes of at least 4 members (excludes halogenated alkanes) is 1. The second-order valence-corrected chi connectivity index (χ2v) is 3.49. The molecule has 0 amide bonds. The highest BCUT2D eigenvalue weighted by atomic mass is 35.5. The predicted molar refractivity (Wildman–Crippen MR) is 55.2 cm³/mol. The highest BCUT2D eigenvalue weighted by molar-refractivity contribution is 6.33. The number of aromatic nitrogens is 4. The predicted octanol–water partition coefficient (Wildman–Crippen LogP) is 2.28. The number of imidazole rings is 1. The Morgan fingerprint density at radius 1 is 1.36 bits per heavy atom. The van der Waals surface area contributed by atoms with E-state index < -0.39 is 0 Å². The summed E-state index contributed by atoms with van der Waals surface area (Å²) in [5, 5.41) is 0.422. The lowest BCUT2D eigenvalue weighted by Gasteiger charge is -2.00. The van der Waals surface area contributed by atoms with E-state index in [9.17, 15) is 0 Å². The molecule has 0 radical (unpaired) electrons. The Labute approximate surface area is 87.0 Å². The Morgan fingerprint density at radius 3 is 3.00 bits per heavy atom. The molecule has 0 saturated heterocycles. The Balaban J connectivity index is 2.42. The number of rotatable bonds is 3. The Kier molecular flexibility index (Phi) is 2.63. The van der Waals surface area contributed by atoms with E-state index in [0.717, 1.165) is 25.0 Å². The fraction of sp³-hybridized carbons (Fsp3) is 0.444. The molecule has 0 aliphatic rings. The standard InChI is InChI=1S/C9H11ClN4/c1-2-3-4-14-6-13-7-8(10)11-5-12-9(7)14/h5-6H,2-4H2,1H3. The zero-order valence-electron chi connectivity index (χ0n) is 7.94. The highest BCUT2D eigenvalue weighted by Crippen LogP contribution is 2.17. The van der Waals surface area contributed by atoms with Gasteiger partial charge in [-0.3, -0.25) is 0 Å². The molecular weight excluding hydrogens is 200 g/mol. The van der Waals surface area contributed by atoms with E-state index in [-0.39, 0.29) is 0 Å². The van der Waals surface area contributed by atoms with Crippen molar-refractivity contribution >= 4 is 22.8 Å². The summed E-state index contributed by atoms with van der Waals surface area (Å²) >= 11 is 5.88. The van der Waals surface area contributed by atoms with Crippen molar-refractivity contribution < 1.29 is 0 Å². The Bertz CT molecular complexity index is 437. The van der Waals surface area contributed by atoms with Gasteiger partial charge < -0.3 is 4.57 Å². The molecule has 0 aliphatic heterocycles. The molecule has 14 heavy (non-hydrogen) atoms. The Morgan fingerprint density at radius 2 is 2.21 bits per heavy atom. The van der Waals surface area contributed by atoms with Crippen molar-refractivity contribution in [3.8, 4) is 0 Å². The molecule has 0 aromatic carbocycles. The van der Waals surface area contributed by atoms with E-state index in [4.69, 9.17) is 11.6 Å². The van der Waals surface area contributed by atoms with Gasteiger partial charge in [-0.05, 0) is 6.42 Å². The van der Waals surface area contributed by atoms with Crippen molar-refractivity contribution in [3.05, 3.63) is 17.8 Å². The van der Waals surface area contributed by atoms with Gasteiger partial charge in [-0.2, -0.15) is 0 Å². The monoisotopic (exact) mass is 210 g/mol. The number of aryl methyl sites for hydroxylation is 1. The van der Waals surface area contributed by atoms with Crippen LogP contribution in [0.5, 0.6) is 0 Å². The molecule has 0 fully saturated rings. The van der Waals surface area contributed by atoms with Crippen LogP contribution in [0.4, 0.5) is 0 Å². The summed E-state index contributed by atoms with van der Waals surface area (Å²) < 4.78 is 2.01. The number of fused-ring (bicyclic) bond motifs is 1. The van der Waals surface area contributed by atoms with E-state index in [1.807, 2.05) is 4.57 Å². The van der Waals surface area contributed by atoms with Crippen LogP contribution >= 0.6 is 11.6 Å². The summed E-state index contributed by atoms with van der Waals surface area (Å²) in [5.74, 6) is 0. The van der Waals surface area contributed by atoms with Crippen molar-refractivity contribution in [3.63, 3.8) is 0 Å². The van der Waals surface area contributed by atoms with E-state index in [2.05, 4.69) is 21.9 Å². The van der Waals surface area contributed by atoms with Gasteiger partial charge in [-0.25, -0.2) is 15.0 Å². The summed E-state index contributed by atoms with van der Waals surface area (Å²) in [6.45, 7) is 3.08. The summed E-state index contributed by atoms with van der Waals surface area (Å²) in [4.78, 5) is 12.2. The second-order valence-electron chi connectivity index (χ2n) is 3.13. The van der Waals surface area contributed by atoms with Gasteiger partial charge in [0.15, 0.2) is 10.8 Å². The second kappa shape index (κ2) is 3.92. The molecular formula is C9H11ClN4. The van der Waals surface area contributed by atoms with Gasteiger partial charge in [0, 0.05) is 6.54 Å². The van der Waals surface area contributed by atoms with Gasteiger partial charge in [-0.15, -0.1) is 0 Å². The van der Waals surface area contributed by atoms with E-state index in [1.54, 1.807) is 6.33 Å². The number of hydrogen-bond acceptors (Lipinski definition) is 3. The van der Waals surface area contributed by atoms with Gasteiger partial charge in [0.1, 0.15) is 11.8 Å². The van der Waals surface area contributed by atoms with Gasteiger partial charge in [0.2, 0.25) is 0 Å². The average molecular weight is 211 g/mol. The quantitative estimate of drug-likeness (QED) is 0.730. The lowest BCUT2D eigenvalue weighted by Crippen LogP contribution is -1.97. The number of nitrogens with zero attached hydrogens (tertiary/aromatic N) is 4. The molecule has 74 valence electrons. The molecule has 0 N–H and O–H groups in total. The SMILES string of the molecule is CCCCn1cnc2c(Cl)ncnc21. The van der Waals surface area contributed by atoms with Crippen LogP contribution in [-0.2, 0) is 6.54 Å².